The van der Waals surface area contributed by atoms with Crippen LogP contribution in [0.5, 0.6) is 0 Å². The minimum absolute atomic E-state index is 0.582. The molecule has 0 aliphatic heterocycles. The second-order valence-corrected chi connectivity index (χ2v) is 5.88. The van der Waals surface area contributed by atoms with Gasteiger partial charge in [0.2, 0.25) is 0 Å². The quantitative estimate of drug-likeness (QED) is 0.785. The topological polar surface area (TPSA) is 17.8 Å². The standard InChI is InChI=1S/C13H14Br2N2/c1-9(2)8-11-16-12(14)13(15)17(11)10-6-4-3-5-7-10/h3-7,9H,8H2,1-2H3. The first-order valence-corrected chi connectivity index (χ1v) is 7.16. The number of hydrogen-bond donors (Lipinski definition) is 0. The molecular formula is C13H14Br2N2. The summed E-state index contributed by atoms with van der Waals surface area (Å²) >= 11 is 7.06. The highest BCUT2D eigenvalue weighted by Gasteiger charge is 2.15. The van der Waals surface area contributed by atoms with Crippen LogP contribution in [0.1, 0.15) is 19.7 Å². The van der Waals surface area contributed by atoms with Crippen molar-refractivity contribution in [3.8, 4) is 5.69 Å². The van der Waals surface area contributed by atoms with Gasteiger partial charge in [0.1, 0.15) is 15.0 Å². The number of aromatic nitrogens is 2. The van der Waals surface area contributed by atoms with E-state index in [0.29, 0.717) is 5.92 Å². The average Bonchev–Trinajstić information content (AvgIpc) is 2.55. The summed E-state index contributed by atoms with van der Waals surface area (Å²) in [7, 11) is 0. The van der Waals surface area contributed by atoms with Crippen LogP contribution in [0.3, 0.4) is 0 Å². The molecule has 0 atom stereocenters. The molecule has 90 valence electrons. The smallest absolute Gasteiger partial charge is 0.139 e. The Morgan fingerprint density at radius 2 is 1.82 bits per heavy atom. The van der Waals surface area contributed by atoms with Gasteiger partial charge in [-0.25, -0.2) is 4.98 Å². The Morgan fingerprint density at radius 1 is 1.18 bits per heavy atom. The third-order valence-electron chi connectivity index (χ3n) is 2.46. The van der Waals surface area contributed by atoms with Gasteiger partial charge in [0.25, 0.3) is 0 Å². The van der Waals surface area contributed by atoms with Crippen molar-refractivity contribution in [1.29, 1.82) is 0 Å². The van der Waals surface area contributed by atoms with Crippen molar-refractivity contribution in [2.45, 2.75) is 20.3 Å². The maximum atomic E-state index is 4.56. The molecule has 0 bridgehead atoms. The minimum atomic E-state index is 0.582. The highest BCUT2D eigenvalue weighted by molar-refractivity contribution is 9.13. The van der Waals surface area contributed by atoms with Gasteiger partial charge in [-0.05, 0) is 49.9 Å². The molecule has 0 unspecified atom stereocenters. The highest BCUT2D eigenvalue weighted by atomic mass is 79.9. The minimum Gasteiger partial charge on any atom is -0.290 e. The summed E-state index contributed by atoms with van der Waals surface area (Å²) in [5.41, 5.74) is 1.13. The van der Waals surface area contributed by atoms with E-state index < -0.39 is 0 Å². The normalized spacial score (nSPS) is 11.1. The van der Waals surface area contributed by atoms with E-state index in [1.165, 1.54) is 0 Å². The van der Waals surface area contributed by atoms with Crippen LogP contribution < -0.4 is 0 Å². The summed E-state index contributed by atoms with van der Waals surface area (Å²) in [5.74, 6) is 1.66. The monoisotopic (exact) mass is 356 g/mol. The Labute approximate surface area is 118 Å². The first-order chi connectivity index (χ1) is 8.09. The highest BCUT2D eigenvalue weighted by Crippen LogP contribution is 2.28. The molecule has 0 spiro atoms. The lowest BCUT2D eigenvalue weighted by Crippen LogP contribution is -2.05. The molecule has 1 heterocycles. The summed E-state index contributed by atoms with van der Waals surface area (Å²) < 4.78 is 3.97. The van der Waals surface area contributed by atoms with Gasteiger partial charge < -0.3 is 0 Å². The van der Waals surface area contributed by atoms with E-state index in [4.69, 9.17) is 0 Å². The van der Waals surface area contributed by atoms with Gasteiger partial charge in [0.05, 0.1) is 0 Å². The SMILES string of the molecule is CC(C)Cc1nc(Br)c(Br)n1-c1ccccc1. The molecule has 0 saturated heterocycles. The van der Waals surface area contributed by atoms with Crippen molar-refractivity contribution in [2.75, 3.05) is 0 Å². The number of nitrogens with zero attached hydrogens (tertiary/aromatic N) is 2. The molecule has 0 amide bonds. The van der Waals surface area contributed by atoms with Crippen LogP contribution in [0, 0.1) is 5.92 Å². The van der Waals surface area contributed by atoms with Gasteiger partial charge >= 0.3 is 0 Å². The van der Waals surface area contributed by atoms with Crippen LogP contribution in [0.15, 0.2) is 39.5 Å². The average molecular weight is 358 g/mol. The zero-order valence-corrected chi connectivity index (χ0v) is 13.0. The molecule has 0 saturated carbocycles. The molecule has 17 heavy (non-hydrogen) atoms. The zero-order valence-electron chi connectivity index (χ0n) is 9.82. The van der Waals surface area contributed by atoms with E-state index in [1.54, 1.807) is 0 Å². The van der Waals surface area contributed by atoms with Gasteiger partial charge in [0.15, 0.2) is 0 Å². The number of para-hydroxylation sites is 1. The summed E-state index contributed by atoms with van der Waals surface area (Å²) in [6.45, 7) is 4.40. The number of benzene rings is 1. The first kappa shape index (κ1) is 12.8. The van der Waals surface area contributed by atoms with Crippen molar-refractivity contribution < 1.29 is 0 Å². The van der Waals surface area contributed by atoms with E-state index in [2.05, 4.69) is 67.4 Å². The fourth-order valence-electron chi connectivity index (χ4n) is 1.76. The zero-order chi connectivity index (χ0) is 12.4. The Balaban J connectivity index is 2.52. The van der Waals surface area contributed by atoms with E-state index in [1.807, 2.05) is 18.2 Å². The second-order valence-electron chi connectivity index (χ2n) is 4.38. The molecule has 2 aromatic rings. The molecule has 0 fully saturated rings. The summed E-state index contributed by atoms with van der Waals surface area (Å²) in [6, 6.07) is 10.3. The number of hydrogen-bond acceptors (Lipinski definition) is 1. The summed E-state index contributed by atoms with van der Waals surface area (Å²) in [5, 5.41) is 0. The molecule has 2 rings (SSSR count). The van der Waals surface area contributed by atoms with Crippen LogP contribution in [0.4, 0.5) is 0 Å². The molecule has 4 heteroatoms. The lowest BCUT2D eigenvalue weighted by molar-refractivity contribution is 0.613. The lowest BCUT2D eigenvalue weighted by Gasteiger charge is -2.10. The van der Waals surface area contributed by atoms with E-state index >= 15 is 0 Å². The second kappa shape index (κ2) is 5.36. The predicted molar refractivity (Wildman–Crippen MR) is 77.5 cm³/mol. The van der Waals surface area contributed by atoms with Crippen molar-refractivity contribution in [2.24, 2.45) is 5.92 Å². The maximum Gasteiger partial charge on any atom is 0.139 e. The van der Waals surface area contributed by atoms with Crippen LogP contribution >= 0.6 is 31.9 Å². The number of halogens is 2. The molecule has 0 N–H and O–H groups in total. The van der Waals surface area contributed by atoms with Gasteiger partial charge in [-0.1, -0.05) is 32.0 Å². The van der Waals surface area contributed by atoms with Crippen molar-refractivity contribution in [3.63, 3.8) is 0 Å². The number of rotatable bonds is 3. The summed E-state index contributed by atoms with van der Waals surface area (Å²) in [6.07, 6.45) is 0.957. The molecular weight excluding hydrogens is 344 g/mol. The molecule has 1 aromatic heterocycles. The fourth-order valence-corrected chi connectivity index (χ4v) is 2.64. The van der Waals surface area contributed by atoms with Crippen LogP contribution in [-0.2, 0) is 6.42 Å². The molecule has 0 radical (unpaired) electrons. The lowest BCUT2D eigenvalue weighted by atomic mass is 10.1. The summed E-state index contributed by atoms with van der Waals surface area (Å²) in [4.78, 5) is 4.56. The van der Waals surface area contributed by atoms with Crippen LogP contribution in [-0.4, -0.2) is 9.55 Å². The van der Waals surface area contributed by atoms with Crippen LogP contribution in [0.2, 0.25) is 0 Å². The van der Waals surface area contributed by atoms with E-state index in [0.717, 1.165) is 27.1 Å². The Kier molecular flexibility index (Phi) is 4.05. The van der Waals surface area contributed by atoms with Crippen molar-refractivity contribution in [3.05, 3.63) is 45.4 Å². The van der Waals surface area contributed by atoms with Gasteiger partial charge in [-0.15, -0.1) is 0 Å². The Morgan fingerprint density at radius 3 is 2.41 bits per heavy atom. The Hall–Kier alpha value is -0.610. The van der Waals surface area contributed by atoms with Crippen molar-refractivity contribution >= 4 is 31.9 Å². The van der Waals surface area contributed by atoms with Gasteiger partial charge in [-0.2, -0.15) is 0 Å². The first-order valence-electron chi connectivity index (χ1n) is 5.57. The molecule has 0 aliphatic carbocycles. The maximum absolute atomic E-state index is 4.56. The fraction of sp³-hybridized carbons (Fsp3) is 0.308. The van der Waals surface area contributed by atoms with Crippen LogP contribution in [0.25, 0.3) is 5.69 Å². The third kappa shape index (κ3) is 2.80. The molecule has 1 aromatic carbocycles. The molecule has 2 nitrogen and oxygen atoms in total. The number of imidazole rings is 1. The third-order valence-corrected chi connectivity index (χ3v) is 4.27. The molecule has 0 aliphatic rings. The van der Waals surface area contributed by atoms with Gasteiger partial charge in [0, 0.05) is 12.1 Å². The predicted octanol–water partition coefficient (Wildman–Crippen LogP) is 4.60. The van der Waals surface area contributed by atoms with Crippen molar-refractivity contribution in [1.82, 2.24) is 9.55 Å². The van der Waals surface area contributed by atoms with E-state index in [9.17, 15) is 0 Å². The Bertz CT molecular complexity index is 504. The largest absolute Gasteiger partial charge is 0.290 e. The van der Waals surface area contributed by atoms with Gasteiger partial charge in [-0.3, -0.25) is 4.57 Å². The van der Waals surface area contributed by atoms with E-state index in [-0.39, 0.29) is 0 Å².